The summed E-state index contributed by atoms with van der Waals surface area (Å²) in [5, 5.41) is 1.17. The van der Waals surface area contributed by atoms with Gasteiger partial charge in [0.05, 0.1) is 24.5 Å². The molecule has 26 heavy (non-hydrogen) atoms. The molecular formula is C21H16N5+. The molecule has 0 saturated carbocycles. The first kappa shape index (κ1) is 13.8. The van der Waals surface area contributed by atoms with Gasteiger partial charge in [-0.3, -0.25) is 14.5 Å². The van der Waals surface area contributed by atoms with Crippen LogP contribution in [-0.4, -0.2) is 19.1 Å². The van der Waals surface area contributed by atoms with E-state index >= 15 is 0 Å². The van der Waals surface area contributed by atoms with E-state index in [1.807, 2.05) is 24.8 Å². The van der Waals surface area contributed by atoms with Crippen LogP contribution in [0, 0.1) is 0 Å². The Hall–Kier alpha value is -3.47. The first-order valence-corrected chi connectivity index (χ1v) is 8.70. The van der Waals surface area contributed by atoms with Crippen LogP contribution in [0.25, 0.3) is 39.1 Å². The van der Waals surface area contributed by atoms with E-state index in [0.717, 1.165) is 12.2 Å². The summed E-state index contributed by atoms with van der Waals surface area (Å²) in [6, 6.07) is 14.7. The molecule has 0 amide bonds. The van der Waals surface area contributed by atoms with Crippen LogP contribution in [0.5, 0.6) is 0 Å². The number of fused-ring (bicyclic) bond motifs is 7. The van der Waals surface area contributed by atoms with E-state index in [9.17, 15) is 0 Å². The number of pyridine rings is 2. The van der Waals surface area contributed by atoms with Crippen molar-refractivity contribution in [3.8, 4) is 17.1 Å². The summed E-state index contributed by atoms with van der Waals surface area (Å²) < 4.78 is 7.02. The number of aryl methyl sites for hydroxylation is 1. The molecule has 0 N–H and O–H groups in total. The van der Waals surface area contributed by atoms with E-state index < -0.39 is 0 Å². The van der Waals surface area contributed by atoms with Crippen molar-refractivity contribution in [3.63, 3.8) is 0 Å². The van der Waals surface area contributed by atoms with Gasteiger partial charge in [0.25, 0.3) is 5.65 Å². The average Bonchev–Trinajstić information content (AvgIpc) is 3.31. The van der Waals surface area contributed by atoms with Crippen molar-refractivity contribution in [1.29, 1.82) is 0 Å². The molecular weight excluding hydrogens is 322 g/mol. The normalized spacial score (nSPS) is 12.7. The molecule has 0 atom stereocenters. The lowest BCUT2D eigenvalue weighted by molar-refractivity contribution is -0.648. The van der Waals surface area contributed by atoms with Crippen molar-refractivity contribution in [1.82, 2.24) is 19.1 Å². The van der Waals surface area contributed by atoms with Crippen molar-refractivity contribution in [2.75, 3.05) is 0 Å². The lowest BCUT2D eigenvalue weighted by Gasteiger charge is -2.03. The van der Waals surface area contributed by atoms with Crippen LogP contribution in [0.3, 0.4) is 0 Å². The molecule has 6 rings (SSSR count). The molecule has 0 fully saturated rings. The van der Waals surface area contributed by atoms with E-state index in [2.05, 4.69) is 73.2 Å². The van der Waals surface area contributed by atoms with Gasteiger partial charge in [0.15, 0.2) is 5.52 Å². The number of benzene rings is 1. The molecule has 5 heterocycles. The lowest BCUT2D eigenvalue weighted by atomic mass is 10.2. The Kier molecular flexibility index (Phi) is 2.54. The molecule has 0 radical (unpaired) electrons. The minimum atomic E-state index is 0.862. The molecule has 0 bridgehead atoms. The second kappa shape index (κ2) is 4.79. The van der Waals surface area contributed by atoms with Gasteiger partial charge in [0.1, 0.15) is 11.2 Å². The summed E-state index contributed by atoms with van der Waals surface area (Å²) in [7, 11) is 2.14. The molecule has 4 aromatic heterocycles. The van der Waals surface area contributed by atoms with Gasteiger partial charge in [0.2, 0.25) is 5.82 Å². The molecule has 1 aromatic carbocycles. The monoisotopic (exact) mass is 338 g/mol. The topological polar surface area (TPSA) is 39.5 Å². The number of aromatic nitrogens is 5. The second-order valence-corrected chi connectivity index (χ2v) is 6.74. The van der Waals surface area contributed by atoms with Gasteiger partial charge in [-0.15, -0.1) is 0 Å². The van der Waals surface area contributed by atoms with Gasteiger partial charge < -0.3 is 0 Å². The zero-order chi connectivity index (χ0) is 17.3. The first-order valence-electron chi connectivity index (χ1n) is 8.70. The summed E-state index contributed by atoms with van der Waals surface area (Å²) in [6.07, 6.45) is 7.68. The molecule has 124 valence electrons. The van der Waals surface area contributed by atoms with E-state index in [1.165, 1.54) is 39.0 Å². The third kappa shape index (κ3) is 1.57. The Morgan fingerprint density at radius 1 is 0.962 bits per heavy atom. The maximum Gasteiger partial charge on any atom is 0.275 e. The fourth-order valence-electron chi connectivity index (χ4n) is 4.32. The Balaban J connectivity index is 1.83. The van der Waals surface area contributed by atoms with Crippen molar-refractivity contribution < 1.29 is 4.57 Å². The third-order valence-corrected chi connectivity index (χ3v) is 5.38. The van der Waals surface area contributed by atoms with Crippen LogP contribution in [0.1, 0.15) is 5.56 Å². The zero-order valence-corrected chi connectivity index (χ0v) is 14.3. The van der Waals surface area contributed by atoms with Gasteiger partial charge in [0, 0.05) is 30.4 Å². The van der Waals surface area contributed by atoms with Gasteiger partial charge in [-0.2, -0.15) is 0 Å². The van der Waals surface area contributed by atoms with Crippen molar-refractivity contribution >= 4 is 22.1 Å². The first-order chi connectivity index (χ1) is 12.8. The molecule has 5 nitrogen and oxygen atoms in total. The van der Waals surface area contributed by atoms with E-state index in [0.29, 0.717) is 0 Å². The van der Waals surface area contributed by atoms with Crippen LogP contribution in [0.2, 0.25) is 0 Å². The Morgan fingerprint density at radius 2 is 1.77 bits per heavy atom. The number of nitrogens with zero attached hydrogens (tertiary/aromatic N) is 5. The summed E-state index contributed by atoms with van der Waals surface area (Å²) in [5.41, 5.74) is 7.28. The van der Waals surface area contributed by atoms with Crippen LogP contribution in [0.4, 0.5) is 0 Å². The van der Waals surface area contributed by atoms with Crippen LogP contribution >= 0.6 is 0 Å². The minimum absolute atomic E-state index is 0.862. The fourth-order valence-corrected chi connectivity index (χ4v) is 4.32. The van der Waals surface area contributed by atoms with Gasteiger partial charge in [-0.1, -0.05) is 18.2 Å². The summed E-state index contributed by atoms with van der Waals surface area (Å²) in [6.45, 7) is 0.862. The van der Waals surface area contributed by atoms with Crippen molar-refractivity contribution in [3.05, 3.63) is 72.8 Å². The molecule has 0 spiro atoms. The largest absolute Gasteiger partial charge is 0.275 e. The highest BCUT2D eigenvalue weighted by Gasteiger charge is 2.35. The summed E-state index contributed by atoms with van der Waals surface area (Å²) in [4.78, 5) is 8.74. The molecule has 5 heteroatoms. The lowest BCUT2D eigenvalue weighted by Crippen LogP contribution is -2.33. The van der Waals surface area contributed by atoms with Crippen molar-refractivity contribution in [2.45, 2.75) is 6.54 Å². The number of hydrogen-bond donors (Lipinski definition) is 0. The van der Waals surface area contributed by atoms with Crippen LogP contribution in [-0.2, 0) is 13.6 Å². The molecule has 5 aromatic rings. The number of imidazole rings is 1. The average molecular weight is 338 g/mol. The van der Waals surface area contributed by atoms with Crippen LogP contribution in [0.15, 0.2) is 67.3 Å². The van der Waals surface area contributed by atoms with Crippen molar-refractivity contribution in [2.24, 2.45) is 7.05 Å². The highest BCUT2D eigenvalue weighted by Crippen LogP contribution is 2.36. The molecule has 0 saturated heterocycles. The summed E-state index contributed by atoms with van der Waals surface area (Å²) >= 11 is 0. The maximum absolute atomic E-state index is 4.39. The maximum atomic E-state index is 4.39. The Labute approximate surface area is 149 Å². The smallest absolute Gasteiger partial charge is 0.264 e. The highest BCUT2D eigenvalue weighted by atomic mass is 15.2. The molecule has 0 unspecified atom stereocenters. The second-order valence-electron chi connectivity index (χ2n) is 6.74. The fraction of sp³-hybridized carbons (Fsp3) is 0.0952. The number of para-hydroxylation sites is 1. The number of rotatable bonds is 1. The van der Waals surface area contributed by atoms with E-state index in [4.69, 9.17) is 0 Å². The zero-order valence-electron chi connectivity index (χ0n) is 14.3. The number of hydrogen-bond acceptors (Lipinski definition) is 2. The minimum Gasteiger partial charge on any atom is -0.264 e. The molecule has 1 aliphatic heterocycles. The van der Waals surface area contributed by atoms with E-state index in [1.54, 1.807) is 0 Å². The Bertz CT molecular complexity index is 1310. The van der Waals surface area contributed by atoms with Gasteiger partial charge in [-0.25, -0.2) is 9.13 Å². The van der Waals surface area contributed by atoms with Crippen LogP contribution < -0.4 is 4.57 Å². The summed E-state index contributed by atoms with van der Waals surface area (Å²) in [5.74, 6) is 1.20. The predicted molar refractivity (Wildman–Crippen MR) is 100 cm³/mol. The molecule has 1 aliphatic rings. The highest BCUT2D eigenvalue weighted by molar-refractivity contribution is 6.05. The Morgan fingerprint density at radius 3 is 2.65 bits per heavy atom. The third-order valence-electron chi connectivity index (χ3n) is 5.38. The standard InChI is InChI=1S/C21H16N5/c1-24-19-17-12-23-10-8-18(17)26(15-5-3-2-4-6-15)21(19)25-13-14-7-9-22-11-16(14)20(24)25/h2-12H,13H2,1H3/q+1. The van der Waals surface area contributed by atoms with Gasteiger partial charge >= 0.3 is 0 Å². The van der Waals surface area contributed by atoms with E-state index in [-0.39, 0.29) is 0 Å². The predicted octanol–water partition coefficient (Wildman–Crippen LogP) is 3.23. The SMILES string of the molecule is Cn1c2[n+](c3c1c1cnccc1n3-c1ccccc1)Cc1ccncc1-2. The molecule has 0 aliphatic carbocycles. The van der Waals surface area contributed by atoms with Gasteiger partial charge in [-0.05, 0) is 24.3 Å². The quantitative estimate of drug-likeness (QED) is 0.432.